The van der Waals surface area contributed by atoms with Crippen LogP contribution in [0.15, 0.2) is 42.5 Å². The van der Waals surface area contributed by atoms with E-state index in [9.17, 15) is 0 Å². The van der Waals surface area contributed by atoms with Crippen molar-refractivity contribution in [3.8, 4) is 17.6 Å². The number of nitriles is 1. The van der Waals surface area contributed by atoms with Crippen LogP contribution in [0, 0.1) is 11.3 Å². The number of anilines is 1. The van der Waals surface area contributed by atoms with E-state index in [1.165, 1.54) is 0 Å². The highest BCUT2D eigenvalue weighted by Crippen LogP contribution is 2.28. The number of hydrogen-bond donors (Lipinski definition) is 2. The molecule has 0 heterocycles. The van der Waals surface area contributed by atoms with E-state index in [0.29, 0.717) is 29.2 Å². The molecule has 2 rings (SSSR count). The second-order valence-corrected chi connectivity index (χ2v) is 4.08. The molecule has 0 aliphatic heterocycles. The Hall–Kier alpha value is -2.51. The maximum Gasteiger partial charge on any atom is 0.150 e. The molecule has 0 fully saturated rings. The van der Waals surface area contributed by atoms with Crippen LogP contribution >= 0.6 is 0 Å². The number of hydrogen-bond acceptors (Lipinski definition) is 4. The number of nitrogens with zero attached hydrogens (tertiary/aromatic N) is 1. The summed E-state index contributed by atoms with van der Waals surface area (Å²) >= 11 is 0. The van der Waals surface area contributed by atoms with Crippen LogP contribution in [-0.4, -0.2) is 11.7 Å². The summed E-state index contributed by atoms with van der Waals surface area (Å²) in [6.07, 6.45) is 0.624. The molecule has 4 heteroatoms. The van der Waals surface area contributed by atoms with E-state index < -0.39 is 0 Å². The molecular weight excluding hydrogens is 240 g/mol. The number of rotatable bonds is 4. The summed E-state index contributed by atoms with van der Waals surface area (Å²) in [7, 11) is 0. The maximum absolute atomic E-state index is 8.84. The lowest BCUT2D eigenvalue weighted by molar-refractivity contribution is 0.299. The Kier molecular flexibility index (Phi) is 4.01. The van der Waals surface area contributed by atoms with Gasteiger partial charge in [0, 0.05) is 6.61 Å². The van der Waals surface area contributed by atoms with Crippen LogP contribution in [0.25, 0.3) is 0 Å². The van der Waals surface area contributed by atoms with Crippen molar-refractivity contribution in [1.29, 1.82) is 5.26 Å². The zero-order valence-corrected chi connectivity index (χ0v) is 10.3. The highest BCUT2D eigenvalue weighted by Gasteiger charge is 2.03. The van der Waals surface area contributed by atoms with Crippen LogP contribution in [0.2, 0.25) is 0 Å². The molecule has 0 saturated heterocycles. The van der Waals surface area contributed by atoms with Crippen molar-refractivity contribution in [3.05, 3.63) is 53.6 Å². The third-order valence-corrected chi connectivity index (χ3v) is 2.69. The third kappa shape index (κ3) is 3.24. The molecule has 0 unspecified atom stereocenters. The number of ether oxygens (including phenoxy) is 1. The van der Waals surface area contributed by atoms with Crippen molar-refractivity contribution in [1.82, 2.24) is 0 Å². The number of nitrogens with two attached hydrogens (primary N) is 1. The Morgan fingerprint density at radius 2 is 1.89 bits per heavy atom. The molecule has 0 aliphatic carbocycles. The number of aliphatic hydroxyl groups is 1. The molecule has 3 N–H and O–H groups in total. The van der Waals surface area contributed by atoms with Gasteiger partial charge < -0.3 is 15.6 Å². The summed E-state index contributed by atoms with van der Waals surface area (Å²) in [5.41, 5.74) is 7.79. The van der Waals surface area contributed by atoms with Crippen molar-refractivity contribution in [2.24, 2.45) is 0 Å². The van der Waals surface area contributed by atoms with Crippen LogP contribution in [0.5, 0.6) is 11.5 Å². The predicted octanol–water partition coefficient (Wildman–Crippen LogP) is 2.47. The van der Waals surface area contributed by atoms with Gasteiger partial charge in [0.05, 0.1) is 17.3 Å². The Balaban J connectivity index is 2.15. The van der Waals surface area contributed by atoms with E-state index in [0.717, 1.165) is 5.56 Å². The second kappa shape index (κ2) is 5.89. The van der Waals surface area contributed by atoms with Gasteiger partial charge in [0.25, 0.3) is 0 Å². The van der Waals surface area contributed by atoms with Gasteiger partial charge in [0.15, 0.2) is 0 Å². The first-order valence-electron chi connectivity index (χ1n) is 5.90. The van der Waals surface area contributed by atoms with Gasteiger partial charge in [0.2, 0.25) is 0 Å². The first-order chi connectivity index (χ1) is 9.22. The van der Waals surface area contributed by atoms with Crippen LogP contribution in [0.1, 0.15) is 11.1 Å². The molecule has 19 heavy (non-hydrogen) atoms. The van der Waals surface area contributed by atoms with Gasteiger partial charge in [-0.05, 0) is 42.3 Å². The summed E-state index contributed by atoms with van der Waals surface area (Å²) in [6, 6.07) is 14.4. The van der Waals surface area contributed by atoms with Crippen LogP contribution < -0.4 is 10.5 Å². The highest BCUT2D eigenvalue weighted by molar-refractivity contribution is 5.57. The summed E-state index contributed by atoms with van der Waals surface area (Å²) in [6.45, 7) is 0.128. The van der Waals surface area contributed by atoms with Crippen molar-refractivity contribution in [2.45, 2.75) is 6.42 Å². The standard InChI is InChI=1S/C15H14N2O2/c16-10-12-3-6-15(14(17)9-12)19-13-4-1-11(2-5-13)7-8-18/h1-6,9,18H,7-8,17H2. The van der Waals surface area contributed by atoms with Gasteiger partial charge in [0.1, 0.15) is 11.5 Å². The first kappa shape index (κ1) is 12.9. The predicted molar refractivity (Wildman–Crippen MR) is 72.9 cm³/mol. The minimum atomic E-state index is 0.128. The summed E-state index contributed by atoms with van der Waals surface area (Å²) in [4.78, 5) is 0. The third-order valence-electron chi connectivity index (χ3n) is 2.69. The van der Waals surface area contributed by atoms with Crippen molar-refractivity contribution in [2.75, 3.05) is 12.3 Å². The molecule has 0 spiro atoms. The number of aliphatic hydroxyl groups excluding tert-OH is 1. The lowest BCUT2D eigenvalue weighted by atomic mass is 10.1. The highest BCUT2D eigenvalue weighted by atomic mass is 16.5. The number of nitrogen functional groups attached to an aromatic ring is 1. The van der Waals surface area contributed by atoms with Crippen molar-refractivity contribution >= 4 is 5.69 Å². The Morgan fingerprint density at radius 3 is 2.47 bits per heavy atom. The fourth-order valence-corrected chi connectivity index (χ4v) is 1.69. The average molecular weight is 254 g/mol. The Labute approximate surface area is 111 Å². The Bertz CT molecular complexity index is 601. The summed E-state index contributed by atoms with van der Waals surface area (Å²) < 4.78 is 5.64. The number of benzene rings is 2. The summed E-state index contributed by atoms with van der Waals surface area (Å²) in [5.74, 6) is 1.19. The molecule has 0 aliphatic rings. The van der Waals surface area contributed by atoms with E-state index in [4.69, 9.17) is 20.8 Å². The second-order valence-electron chi connectivity index (χ2n) is 4.08. The molecule has 0 radical (unpaired) electrons. The van der Waals surface area contributed by atoms with E-state index >= 15 is 0 Å². The molecule has 0 amide bonds. The molecule has 0 atom stereocenters. The molecule has 0 saturated carbocycles. The molecule has 0 aromatic heterocycles. The van der Waals surface area contributed by atoms with Crippen LogP contribution in [0.3, 0.4) is 0 Å². The first-order valence-corrected chi connectivity index (χ1v) is 5.90. The normalized spacial score (nSPS) is 9.89. The van der Waals surface area contributed by atoms with Gasteiger partial charge >= 0.3 is 0 Å². The van der Waals surface area contributed by atoms with Crippen molar-refractivity contribution in [3.63, 3.8) is 0 Å². The smallest absolute Gasteiger partial charge is 0.150 e. The van der Waals surface area contributed by atoms with Gasteiger partial charge in [-0.3, -0.25) is 0 Å². The molecule has 0 bridgehead atoms. The van der Waals surface area contributed by atoms with Crippen molar-refractivity contribution < 1.29 is 9.84 Å². The molecule has 96 valence electrons. The quantitative estimate of drug-likeness (QED) is 0.821. The van der Waals surface area contributed by atoms with Gasteiger partial charge in [-0.25, -0.2) is 0 Å². The van der Waals surface area contributed by atoms with E-state index in [-0.39, 0.29) is 6.61 Å². The fourth-order valence-electron chi connectivity index (χ4n) is 1.69. The van der Waals surface area contributed by atoms with Crippen LogP contribution in [-0.2, 0) is 6.42 Å². The largest absolute Gasteiger partial charge is 0.455 e. The zero-order chi connectivity index (χ0) is 13.7. The molecule has 2 aromatic rings. The van der Waals surface area contributed by atoms with Gasteiger partial charge in [-0.2, -0.15) is 5.26 Å². The monoisotopic (exact) mass is 254 g/mol. The Morgan fingerprint density at radius 1 is 1.16 bits per heavy atom. The van der Waals surface area contributed by atoms with Gasteiger partial charge in [-0.15, -0.1) is 0 Å². The topological polar surface area (TPSA) is 79.3 Å². The summed E-state index contributed by atoms with van der Waals surface area (Å²) in [5, 5.41) is 17.6. The minimum absolute atomic E-state index is 0.128. The SMILES string of the molecule is N#Cc1ccc(Oc2ccc(CCO)cc2)c(N)c1. The minimum Gasteiger partial charge on any atom is -0.455 e. The molecule has 2 aromatic carbocycles. The van der Waals surface area contributed by atoms with Gasteiger partial charge in [-0.1, -0.05) is 12.1 Å². The average Bonchev–Trinajstić information content (AvgIpc) is 2.43. The zero-order valence-electron chi connectivity index (χ0n) is 10.3. The van der Waals surface area contributed by atoms with E-state index in [1.807, 2.05) is 30.3 Å². The fraction of sp³-hybridized carbons (Fsp3) is 0.133. The lowest BCUT2D eigenvalue weighted by Gasteiger charge is -2.09. The molecule has 4 nitrogen and oxygen atoms in total. The molecular formula is C15H14N2O2. The van der Waals surface area contributed by atoms with E-state index in [2.05, 4.69) is 0 Å². The maximum atomic E-state index is 8.84. The van der Waals surface area contributed by atoms with E-state index in [1.54, 1.807) is 18.2 Å². The lowest BCUT2D eigenvalue weighted by Crippen LogP contribution is -1.94. The van der Waals surface area contributed by atoms with Crippen LogP contribution in [0.4, 0.5) is 5.69 Å².